The largest absolute Gasteiger partial charge is 0.489 e. The molecule has 2 N–H and O–H groups in total. The molecule has 0 aliphatic carbocycles. The maximum absolute atomic E-state index is 6.03. The van der Waals surface area contributed by atoms with Crippen LogP contribution >= 0.6 is 23.8 Å². The van der Waals surface area contributed by atoms with Gasteiger partial charge in [0, 0.05) is 16.4 Å². The third-order valence-electron chi connectivity index (χ3n) is 3.81. The normalized spacial score (nSPS) is 10.2. The van der Waals surface area contributed by atoms with Crippen molar-refractivity contribution in [3.63, 3.8) is 0 Å². The van der Waals surface area contributed by atoms with Crippen LogP contribution in [0.3, 0.4) is 0 Å². The minimum atomic E-state index is 0.508. The van der Waals surface area contributed by atoms with Crippen molar-refractivity contribution in [2.24, 2.45) is 0 Å². The van der Waals surface area contributed by atoms with Crippen molar-refractivity contribution >= 4 is 40.3 Å². The van der Waals surface area contributed by atoms with Gasteiger partial charge in [-0.25, -0.2) is 0 Å². The van der Waals surface area contributed by atoms with Crippen LogP contribution in [0.1, 0.15) is 11.1 Å². The van der Waals surface area contributed by atoms with Gasteiger partial charge in [-0.15, -0.1) is 0 Å². The lowest BCUT2D eigenvalue weighted by atomic mass is 10.2. The van der Waals surface area contributed by atoms with Crippen LogP contribution in [0, 0.1) is 6.92 Å². The van der Waals surface area contributed by atoms with Crippen LogP contribution in [0.5, 0.6) is 5.75 Å². The molecule has 0 bridgehead atoms. The Morgan fingerprint density at radius 1 is 0.962 bits per heavy atom. The number of hydrogen-bond donors (Lipinski definition) is 2. The summed E-state index contributed by atoms with van der Waals surface area (Å²) >= 11 is 11.4. The lowest BCUT2D eigenvalue weighted by Gasteiger charge is -2.13. The molecule has 0 atom stereocenters. The fraction of sp³-hybridized carbons (Fsp3) is 0.0952. The third-order valence-corrected chi connectivity index (χ3v) is 4.25. The van der Waals surface area contributed by atoms with Crippen molar-refractivity contribution in [3.05, 3.63) is 88.9 Å². The van der Waals surface area contributed by atoms with Crippen LogP contribution in [-0.2, 0) is 6.61 Å². The molecule has 3 aromatic carbocycles. The van der Waals surface area contributed by atoms with Crippen molar-refractivity contribution in [2.75, 3.05) is 10.6 Å². The van der Waals surface area contributed by atoms with Crippen molar-refractivity contribution < 1.29 is 4.74 Å². The van der Waals surface area contributed by atoms with Gasteiger partial charge in [0.25, 0.3) is 0 Å². The molecule has 0 fully saturated rings. The summed E-state index contributed by atoms with van der Waals surface area (Å²) < 4.78 is 5.79. The number of hydrogen-bond acceptors (Lipinski definition) is 2. The molecule has 5 heteroatoms. The number of anilines is 2. The molecule has 132 valence electrons. The predicted octanol–water partition coefficient (Wildman–Crippen LogP) is 6.04. The highest BCUT2D eigenvalue weighted by Crippen LogP contribution is 2.21. The van der Waals surface area contributed by atoms with Gasteiger partial charge in [0.05, 0.1) is 0 Å². The van der Waals surface area contributed by atoms with E-state index in [-0.39, 0.29) is 0 Å². The first-order chi connectivity index (χ1) is 12.6. The zero-order valence-electron chi connectivity index (χ0n) is 14.3. The molecule has 26 heavy (non-hydrogen) atoms. The molecule has 0 heterocycles. The molecule has 3 aromatic rings. The first-order valence-electron chi connectivity index (χ1n) is 8.21. The standard InChI is InChI=1S/C21H19ClN2OS/c1-15-7-8-17(22)13-20(15)24-21(26)23-18-9-11-19(12-10-18)25-14-16-5-3-2-4-6-16/h2-13H,14H2,1H3,(H2,23,24,26). The zero-order valence-corrected chi connectivity index (χ0v) is 15.9. The number of rotatable bonds is 5. The Morgan fingerprint density at radius 3 is 2.42 bits per heavy atom. The van der Waals surface area contributed by atoms with E-state index in [0.29, 0.717) is 16.7 Å². The Labute approximate surface area is 164 Å². The molecule has 0 aromatic heterocycles. The fourth-order valence-corrected chi connectivity index (χ4v) is 2.79. The lowest BCUT2D eigenvalue weighted by Crippen LogP contribution is -2.19. The number of halogens is 1. The van der Waals surface area contributed by atoms with Crippen LogP contribution in [0.4, 0.5) is 11.4 Å². The summed E-state index contributed by atoms with van der Waals surface area (Å²) in [6, 6.07) is 23.4. The second-order valence-corrected chi connectivity index (χ2v) is 6.68. The van der Waals surface area contributed by atoms with Crippen molar-refractivity contribution in [2.45, 2.75) is 13.5 Å². The van der Waals surface area contributed by atoms with E-state index in [4.69, 9.17) is 28.6 Å². The minimum absolute atomic E-state index is 0.508. The van der Waals surface area contributed by atoms with Gasteiger partial charge >= 0.3 is 0 Å². The highest BCUT2D eigenvalue weighted by molar-refractivity contribution is 7.80. The second kappa shape index (κ2) is 8.70. The molecule has 0 spiro atoms. The highest BCUT2D eigenvalue weighted by atomic mass is 35.5. The maximum atomic E-state index is 6.03. The van der Waals surface area contributed by atoms with Gasteiger partial charge in [-0.3, -0.25) is 0 Å². The SMILES string of the molecule is Cc1ccc(Cl)cc1NC(=S)Nc1ccc(OCc2ccccc2)cc1. The van der Waals surface area contributed by atoms with Crippen LogP contribution in [0.2, 0.25) is 5.02 Å². The van der Waals surface area contributed by atoms with Crippen molar-refractivity contribution in [3.8, 4) is 5.75 Å². The smallest absolute Gasteiger partial charge is 0.175 e. The molecule has 0 radical (unpaired) electrons. The number of ether oxygens (including phenoxy) is 1. The van der Waals surface area contributed by atoms with E-state index in [1.165, 1.54) is 0 Å². The molecule has 0 unspecified atom stereocenters. The molecule has 3 nitrogen and oxygen atoms in total. The molecule has 3 rings (SSSR count). The van der Waals surface area contributed by atoms with Gasteiger partial charge in [0.2, 0.25) is 0 Å². The van der Waals surface area contributed by atoms with Gasteiger partial charge in [-0.2, -0.15) is 0 Å². The van der Waals surface area contributed by atoms with E-state index in [0.717, 1.165) is 28.3 Å². The average molecular weight is 383 g/mol. The number of benzene rings is 3. The Morgan fingerprint density at radius 2 is 1.69 bits per heavy atom. The Kier molecular flexibility index (Phi) is 6.10. The Balaban J connectivity index is 1.55. The molecular weight excluding hydrogens is 364 g/mol. The van der Waals surface area contributed by atoms with Gasteiger partial charge in [0.1, 0.15) is 12.4 Å². The Bertz CT molecular complexity index is 882. The molecule has 0 saturated carbocycles. The van der Waals surface area contributed by atoms with Gasteiger partial charge in [0.15, 0.2) is 5.11 Å². The molecular formula is C21H19ClN2OS. The van der Waals surface area contributed by atoms with Gasteiger partial charge in [-0.1, -0.05) is 48.0 Å². The topological polar surface area (TPSA) is 33.3 Å². The van der Waals surface area contributed by atoms with Gasteiger partial charge < -0.3 is 15.4 Å². The predicted molar refractivity (Wildman–Crippen MR) is 113 cm³/mol. The van der Waals surface area contributed by atoms with Crippen LogP contribution in [-0.4, -0.2) is 5.11 Å². The summed E-state index contributed by atoms with van der Waals surface area (Å²) in [6.07, 6.45) is 0. The minimum Gasteiger partial charge on any atom is -0.489 e. The van der Waals surface area contributed by atoms with Crippen LogP contribution in [0.25, 0.3) is 0 Å². The summed E-state index contributed by atoms with van der Waals surface area (Å²) in [5.74, 6) is 0.809. The zero-order chi connectivity index (χ0) is 18.4. The summed E-state index contributed by atoms with van der Waals surface area (Å²) in [6.45, 7) is 2.54. The molecule has 0 aliphatic heterocycles. The summed E-state index contributed by atoms with van der Waals surface area (Å²) in [4.78, 5) is 0. The van der Waals surface area contributed by atoms with E-state index in [1.807, 2.05) is 79.7 Å². The third kappa shape index (κ3) is 5.22. The van der Waals surface area contributed by atoms with Crippen LogP contribution < -0.4 is 15.4 Å². The fourth-order valence-electron chi connectivity index (χ4n) is 2.39. The van der Waals surface area contributed by atoms with E-state index in [2.05, 4.69) is 10.6 Å². The molecule has 0 saturated heterocycles. The number of aryl methyl sites for hydroxylation is 1. The van der Waals surface area contributed by atoms with E-state index in [1.54, 1.807) is 0 Å². The maximum Gasteiger partial charge on any atom is 0.175 e. The van der Waals surface area contributed by atoms with Crippen molar-refractivity contribution in [1.29, 1.82) is 0 Å². The average Bonchev–Trinajstić information content (AvgIpc) is 2.65. The molecule has 0 amide bonds. The van der Waals surface area contributed by atoms with E-state index < -0.39 is 0 Å². The number of nitrogens with one attached hydrogen (secondary N) is 2. The Hall–Kier alpha value is -2.56. The quantitative estimate of drug-likeness (QED) is 0.527. The monoisotopic (exact) mass is 382 g/mol. The first-order valence-corrected chi connectivity index (χ1v) is 9.00. The summed E-state index contributed by atoms with van der Waals surface area (Å²) in [5.41, 5.74) is 3.98. The van der Waals surface area contributed by atoms with Gasteiger partial charge in [-0.05, 0) is 66.7 Å². The van der Waals surface area contributed by atoms with Crippen LogP contribution in [0.15, 0.2) is 72.8 Å². The highest BCUT2D eigenvalue weighted by Gasteiger charge is 2.03. The summed E-state index contributed by atoms with van der Waals surface area (Å²) in [5, 5.41) is 7.50. The lowest BCUT2D eigenvalue weighted by molar-refractivity contribution is 0.306. The van der Waals surface area contributed by atoms with E-state index >= 15 is 0 Å². The number of thiocarbonyl (C=S) groups is 1. The van der Waals surface area contributed by atoms with Crippen molar-refractivity contribution in [1.82, 2.24) is 0 Å². The molecule has 0 aliphatic rings. The summed E-state index contributed by atoms with van der Waals surface area (Å²) in [7, 11) is 0. The first kappa shape index (κ1) is 18.2. The second-order valence-electron chi connectivity index (χ2n) is 5.84. The van der Waals surface area contributed by atoms with E-state index in [9.17, 15) is 0 Å².